The molecule has 3 aromatic carbocycles. The van der Waals surface area contributed by atoms with Crippen LogP contribution in [0.2, 0.25) is 0 Å². The molecule has 2 heterocycles. The molecule has 28 heavy (non-hydrogen) atoms. The highest BCUT2D eigenvalue weighted by Gasteiger charge is 2.58. The van der Waals surface area contributed by atoms with Crippen LogP contribution in [0.4, 0.5) is 0 Å². The molecule has 1 fully saturated rings. The zero-order valence-electron chi connectivity index (χ0n) is 15.5. The second kappa shape index (κ2) is 5.87. The van der Waals surface area contributed by atoms with Gasteiger partial charge in [-0.15, -0.1) is 0 Å². The van der Waals surface area contributed by atoms with Gasteiger partial charge in [0.2, 0.25) is 0 Å². The molecule has 1 unspecified atom stereocenters. The number of carbonyl (C=O) groups excluding carboxylic acids is 1. The number of Topliss-reactive ketones (excluding diaryl/α,β-unsaturated/α-hetero) is 1. The summed E-state index contributed by atoms with van der Waals surface area (Å²) in [5.74, 6) is 0.0414. The predicted molar refractivity (Wildman–Crippen MR) is 106 cm³/mol. The molecule has 1 spiro atoms. The zero-order valence-corrected chi connectivity index (χ0v) is 15.5. The molecule has 138 valence electrons. The van der Waals surface area contributed by atoms with Crippen molar-refractivity contribution in [2.45, 2.75) is 24.5 Å². The quantitative estimate of drug-likeness (QED) is 0.661. The van der Waals surface area contributed by atoms with E-state index in [4.69, 9.17) is 9.47 Å². The summed E-state index contributed by atoms with van der Waals surface area (Å²) in [7, 11) is 0. The molecule has 3 nitrogen and oxygen atoms in total. The number of fused-ring (bicyclic) bond motifs is 3. The van der Waals surface area contributed by atoms with E-state index in [-0.39, 0.29) is 17.1 Å². The molecule has 0 bridgehead atoms. The van der Waals surface area contributed by atoms with Crippen molar-refractivity contribution in [2.75, 3.05) is 13.2 Å². The monoisotopic (exact) mass is 368 g/mol. The van der Waals surface area contributed by atoms with Crippen LogP contribution >= 0.6 is 0 Å². The van der Waals surface area contributed by atoms with Gasteiger partial charge in [0.15, 0.2) is 5.78 Å². The molecular weight excluding hydrogens is 348 g/mol. The van der Waals surface area contributed by atoms with Gasteiger partial charge < -0.3 is 9.47 Å². The maximum absolute atomic E-state index is 13.7. The minimum Gasteiger partial charge on any atom is -0.379 e. The fourth-order valence-electron chi connectivity index (χ4n) is 5.27. The summed E-state index contributed by atoms with van der Waals surface area (Å²) in [5, 5.41) is 0. The van der Waals surface area contributed by atoms with Crippen LogP contribution in [0.25, 0.3) is 11.1 Å². The molecular formula is C25H20O3. The lowest BCUT2D eigenvalue weighted by atomic mass is 9.68. The highest BCUT2D eigenvalue weighted by atomic mass is 16.5. The van der Waals surface area contributed by atoms with Crippen molar-refractivity contribution in [1.82, 2.24) is 0 Å². The van der Waals surface area contributed by atoms with Crippen molar-refractivity contribution < 1.29 is 14.3 Å². The number of hydrogen-bond donors (Lipinski definition) is 0. The van der Waals surface area contributed by atoms with Crippen molar-refractivity contribution in [3.05, 3.63) is 94.5 Å². The zero-order chi connectivity index (χ0) is 18.7. The number of rotatable bonds is 2. The van der Waals surface area contributed by atoms with Gasteiger partial charge in [0.1, 0.15) is 0 Å². The summed E-state index contributed by atoms with van der Waals surface area (Å²) in [6, 6.07) is 22.7. The summed E-state index contributed by atoms with van der Waals surface area (Å²) in [6.45, 7) is 2.36. The Labute approximate surface area is 163 Å². The first-order chi connectivity index (χ1) is 13.8. The minimum atomic E-state index is -0.281. The first-order valence-electron chi connectivity index (χ1n) is 9.79. The summed E-state index contributed by atoms with van der Waals surface area (Å²) >= 11 is 0. The van der Waals surface area contributed by atoms with Gasteiger partial charge in [-0.1, -0.05) is 60.7 Å². The molecule has 0 radical (unpaired) electrons. The highest BCUT2D eigenvalue weighted by molar-refractivity contribution is 6.10. The fourth-order valence-corrected chi connectivity index (χ4v) is 5.27. The molecule has 1 saturated heterocycles. The SMILES string of the molecule is O=C1c2cc3c(c(-c4ccccc4)c2C2(COC2)C1c1ccccc1)COC3. The van der Waals surface area contributed by atoms with Crippen molar-refractivity contribution in [2.24, 2.45) is 0 Å². The Kier molecular flexibility index (Phi) is 3.40. The van der Waals surface area contributed by atoms with Crippen molar-refractivity contribution in [3.8, 4) is 11.1 Å². The maximum Gasteiger partial charge on any atom is 0.171 e. The van der Waals surface area contributed by atoms with Crippen LogP contribution in [0.15, 0.2) is 66.7 Å². The van der Waals surface area contributed by atoms with E-state index in [2.05, 4.69) is 42.5 Å². The Morgan fingerprint density at radius 2 is 1.57 bits per heavy atom. The molecule has 3 heteroatoms. The third kappa shape index (κ3) is 2.03. The topological polar surface area (TPSA) is 35.5 Å². The molecule has 6 rings (SSSR count). The summed E-state index contributed by atoms with van der Waals surface area (Å²) in [6.07, 6.45) is 0. The van der Waals surface area contributed by atoms with Crippen LogP contribution in [0, 0.1) is 0 Å². The van der Waals surface area contributed by atoms with Crippen LogP contribution < -0.4 is 0 Å². The van der Waals surface area contributed by atoms with E-state index < -0.39 is 0 Å². The predicted octanol–water partition coefficient (Wildman–Crippen LogP) is 4.63. The average molecular weight is 368 g/mol. The van der Waals surface area contributed by atoms with Gasteiger partial charge in [-0.2, -0.15) is 0 Å². The largest absolute Gasteiger partial charge is 0.379 e. The van der Waals surface area contributed by atoms with Gasteiger partial charge in [0.05, 0.1) is 37.8 Å². The van der Waals surface area contributed by atoms with Gasteiger partial charge in [0, 0.05) is 5.56 Å². The molecule has 3 aromatic rings. The van der Waals surface area contributed by atoms with E-state index in [1.807, 2.05) is 24.3 Å². The van der Waals surface area contributed by atoms with Crippen LogP contribution in [0.1, 0.15) is 38.5 Å². The third-order valence-electron chi connectivity index (χ3n) is 6.52. The summed E-state index contributed by atoms with van der Waals surface area (Å²) < 4.78 is 11.5. The molecule has 1 aliphatic carbocycles. The van der Waals surface area contributed by atoms with Gasteiger partial charge in [-0.05, 0) is 39.4 Å². The smallest absolute Gasteiger partial charge is 0.171 e. The molecule has 0 N–H and O–H groups in total. The minimum absolute atomic E-state index is 0.177. The number of ketones is 1. The molecule has 2 aliphatic heterocycles. The van der Waals surface area contributed by atoms with E-state index in [1.54, 1.807) is 0 Å². The van der Waals surface area contributed by atoms with E-state index in [0.29, 0.717) is 26.4 Å². The maximum atomic E-state index is 13.7. The Morgan fingerprint density at radius 1 is 0.857 bits per heavy atom. The average Bonchev–Trinajstić information content (AvgIpc) is 3.28. The lowest BCUT2D eigenvalue weighted by Gasteiger charge is -2.44. The van der Waals surface area contributed by atoms with Gasteiger partial charge >= 0.3 is 0 Å². The van der Waals surface area contributed by atoms with Gasteiger partial charge in [-0.25, -0.2) is 0 Å². The van der Waals surface area contributed by atoms with Gasteiger partial charge in [0.25, 0.3) is 0 Å². The molecule has 1 atom stereocenters. The Hall–Kier alpha value is -2.75. The van der Waals surface area contributed by atoms with Crippen molar-refractivity contribution >= 4 is 5.78 Å². The Bertz CT molecular complexity index is 1080. The standard InChI is InChI=1S/C25H20O3/c26-24-19-11-18-12-27-13-20(18)21(16-7-3-1-4-8-16)23(19)25(14-28-15-25)22(24)17-9-5-2-6-10-17/h1-11,22H,12-15H2. The first kappa shape index (κ1) is 16.2. The highest BCUT2D eigenvalue weighted by Crippen LogP contribution is 2.57. The molecule has 0 saturated carbocycles. The number of ether oxygens (including phenoxy) is 2. The Balaban J connectivity index is 1.66. The van der Waals surface area contributed by atoms with E-state index in [1.165, 1.54) is 16.7 Å². The third-order valence-corrected chi connectivity index (χ3v) is 6.52. The van der Waals surface area contributed by atoms with Crippen molar-refractivity contribution in [3.63, 3.8) is 0 Å². The summed E-state index contributed by atoms with van der Waals surface area (Å²) in [4.78, 5) is 13.7. The van der Waals surface area contributed by atoms with E-state index >= 15 is 0 Å². The fraction of sp³-hybridized carbons (Fsp3) is 0.240. The molecule has 0 aromatic heterocycles. The van der Waals surface area contributed by atoms with Crippen LogP contribution in [0.3, 0.4) is 0 Å². The van der Waals surface area contributed by atoms with Crippen LogP contribution in [-0.2, 0) is 28.1 Å². The van der Waals surface area contributed by atoms with Crippen molar-refractivity contribution in [1.29, 1.82) is 0 Å². The lowest BCUT2D eigenvalue weighted by Crippen LogP contribution is -2.50. The second-order valence-corrected chi connectivity index (χ2v) is 8.03. The normalized spacial score (nSPS) is 21.4. The number of benzene rings is 3. The summed E-state index contributed by atoms with van der Waals surface area (Å²) in [5.41, 5.74) is 7.58. The second-order valence-electron chi connectivity index (χ2n) is 8.03. The number of carbonyl (C=O) groups is 1. The van der Waals surface area contributed by atoms with Gasteiger partial charge in [-0.3, -0.25) is 4.79 Å². The lowest BCUT2D eigenvalue weighted by molar-refractivity contribution is -0.0648. The Morgan fingerprint density at radius 3 is 2.25 bits per heavy atom. The molecule has 3 aliphatic rings. The van der Waals surface area contributed by atoms with E-state index in [9.17, 15) is 4.79 Å². The van der Waals surface area contributed by atoms with Crippen LogP contribution in [0.5, 0.6) is 0 Å². The molecule has 0 amide bonds. The van der Waals surface area contributed by atoms with E-state index in [0.717, 1.165) is 22.3 Å². The first-order valence-corrected chi connectivity index (χ1v) is 9.79. The number of hydrogen-bond acceptors (Lipinski definition) is 3. The van der Waals surface area contributed by atoms with Crippen LogP contribution in [-0.4, -0.2) is 19.0 Å².